The molecule has 0 aliphatic carbocycles. The summed E-state index contributed by atoms with van der Waals surface area (Å²) in [6, 6.07) is 0. The minimum absolute atomic E-state index is 0.476. The molecule has 3 nitrogen and oxygen atoms in total. The highest BCUT2D eigenvalue weighted by Gasteiger charge is 2.04. The van der Waals surface area contributed by atoms with Crippen LogP contribution in [0.5, 0.6) is 0 Å². The average Bonchev–Trinajstić information content (AvgIpc) is 2.43. The van der Waals surface area contributed by atoms with Gasteiger partial charge in [-0.2, -0.15) is 5.10 Å². The molecule has 0 saturated carbocycles. The molecule has 0 aliphatic rings. The van der Waals surface area contributed by atoms with Gasteiger partial charge < -0.3 is 0 Å². The van der Waals surface area contributed by atoms with E-state index < -0.39 is 0 Å². The summed E-state index contributed by atoms with van der Waals surface area (Å²) in [5.74, 6) is 0.655. The van der Waals surface area contributed by atoms with Crippen LogP contribution < -0.4 is 0 Å². The maximum atomic E-state index is 10.5. The second kappa shape index (κ2) is 4.56. The van der Waals surface area contributed by atoms with Gasteiger partial charge in [0.15, 0.2) is 6.29 Å². The highest BCUT2D eigenvalue weighted by Crippen LogP contribution is 2.13. The van der Waals surface area contributed by atoms with Crippen molar-refractivity contribution >= 4 is 22.2 Å². The van der Waals surface area contributed by atoms with Crippen LogP contribution in [0.15, 0.2) is 10.7 Å². The van der Waals surface area contributed by atoms with E-state index in [-0.39, 0.29) is 0 Å². The second-order valence-electron chi connectivity index (χ2n) is 3.43. The van der Waals surface area contributed by atoms with Crippen molar-refractivity contribution in [1.29, 1.82) is 0 Å². The van der Waals surface area contributed by atoms with Crippen LogP contribution >= 0.6 is 15.9 Å². The minimum atomic E-state index is 0.476. The third-order valence-electron chi connectivity index (χ3n) is 1.79. The predicted octanol–water partition coefficient (Wildman–Crippen LogP) is 2.50. The molecule has 72 valence electrons. The van der Waals surface area contributed by atoms with E-state index in [9.17, 15) is 4.79 Å². The van der Waals surface area contributed by atoms with E-state index in [1.54, 1.807) is 4.68 Å². The van der Waals surface area contributed by atoms with Crippen LogP contribution in [0.4, 0.5) is 0 Å². The van der Waals surface area contributed by atoms with Crippen molar-refractivity contribution in [2.75, 3.05) is 0 Å². The fourth-order valence-corrected chi connectivity index (χ4v) is 1.41. The largest absolute Gasteiger partial charge is 0.296 e. The number of carbonyl (C=O) groups excluding carboxylic acids is 1. The molecule has 0 radical (unpaired) electrons. The number of rotatable bonds is 4. The molecule has 1 aromatic heterocycles. The first-order chi connectivity index (χ1) is 6.13. The highest BCUT2D eigenvalue weighted by atomic mass is 79.9. The van der Waals surface area contributed by atoms with Gasteiger partial charge in [-0.25, -0.2) is 0 Å². The number of hydrogen-bond donors (Lipinski definition) is 0. The lowest BCUT2D eigenvalue weighted by Gasteiger charge is -2.03. The van der Waals surface area contributed by atoms with Crippen LogP contribution in [-0.2, 0) is 6.54 Å². The number of hydrogen-bond acceptors (Lipinski definition) is 2. The Morgan fingerprint density at radius 2 is 2.38 bits per heavy atom. The Hall–Kier alpha value is -0.640. The number of aromatic nitrogens is 2. The van der Waals surface area contributed by atoms with Gasteiger partial charge in [0.2, 0.25) is 0 Å². The fraction of sp³-hybridized carbons (Fsp3) is 0.556. The minimum Gasteiger partial charge on any atom is -0.296 e. The van der Waals surface area contributed by atoms with Crippen LogP contribution in [0, 0.1) is 5.92 Å². The van der Waals surface area contributed by atoms with E-state index in [1.807, 2.05) is 6.20 Å². The van der Waals surface area contributed by atoms with E-state index in [0.29, 0.717) is 11.6 Å². The zero-order chi connectivity index (χ0) is 9.84. The average molecular weight is 245 g/mol. The van der Waals surface area contributed by atoms with Crippen molar-refractivity contribution in [2.24, 2.45) is 5.92 Å². The maximum absolute atomic E-state index is 10.5. The number of aldehydes is 1. The Bertz CT molecular complexity index is 294. The van der Waals surface area contributed by atoms with E-state index in [0.717, 1.165) is 23.7 Å². The monoisotopic (exact) mass is 244 g/mol. The van der Waals surface area contributed by atoms with E-state index in [4.69, 9.17) is 0 Å². The van der Waals surface area contributed by atoms with Gasteiger partial charge in [-0.15, -0.1) is 0 Å². The third-order valence-corrected chi connectivity index (χ3v) is 2.40. The maximum Gasteiger partial charge on any atom is 0.171 e. The van der Waals surface area contributed by atoms with Gasteiger partial charge in [0, 0.05) is 12.7 Å². The van der Waals surface area contributed by atoms with Crippen LogP contribution in [0.2, 0.25) is 0 Å². The Balaban J connectivity index is 2.63. The Morgan fingerprint density at radius 3 is 2.85 bits per heavy atom. The van der Waals surface area contributed by atoms with Crippen molar-refractivity contribution in [1.82, 2.24) is 9.78 Å². The molecule has 4 heteroatoms. The van der Waals surface area contributed by atoms with Crippen LogP contribution in [0.3, 0.4) is 0 Å². The second-order valence-corrected chi connectivity index (χ2v) is 4.28. The number of aryl methyl sites for hydroxylation is 1. The lowest BCUT2D eigenvalue weighted by Crippen LogP contribution is -2.02. The van der Waals surface area contributed by atoms with Crippen molar-refractivity contribution in [2.45, 2.75) is 26.8 Å². The predicted molar refractivity (Wildman–Crippen MR) is 54.8 cm³/mol. The third kappa shape index (κ3) is 2.95. The molecule has 0 aromatic carbocycles. The summed E-state index contributed by atoms with van der Waals surface area (Å²) in [5.41, 5.74) is 0.476. The van der Waals surface area contributed by atoms with Gasteiger partial charge in [0.05, 0.1) is 4.47 Å². The topological polar surface area (TPSA) is 34.9 Å². The fourth-order valence-electron chi connectivity index (χ4n) is 0.997. The summed E-state index contributed by atoms with van der Waals surface area (Å²) < 4.78 is 2.57. The number of halogens is 1. The highest BCUT2D eigenvalue weighted by molar-refractivity contribution is 9.10. The summed E-state index contributed by atoms with van der Waals surface area (Å²) in [4.78, 5) is 10.5. The van der Waals surface area contributed by atoms with Gasteiger partial charge in [-0.1, -0.05) is 13.8 Å². The molecule has 0 amide bonds. The zero-order valence-electron chi connectivity index (χ0n) is 7.83. The molecular formula is C9H13BrN2O. The summed E-state index contributed by atoms with van der Waals surface area (Å²) >= 11 is 3.27. The molecule has 0 fully saturated rings. The molecule has 1 rings (SSSR count). The normalized spacial score (nSPS) is 10.8. The summed E-state index contributed by atoms with van der Waals surface area (Å²) in [6.45, 7) is 5.20. The van der Waals surface area contributed by atoms with Gasteiger partial charge in [-0.05, 0) is 28.3 Å². The van der Waals surface area contributed by atoms with Gasteiger partial charge in [0.25, 0.3) is 0 Å². The van der Waals surface area contributed by atoms with Crippen LogP contribution in [0.1, 0.15) is 30.8 Å². The van der Waals surface area contributed by atoms with E-state index >= 15 is 0 Å². The van der Waals surface area contributed by atoms with Crippen LogP contribution in [0.25, 0.3) is 0 Å². The first kappa shape index (κ1) is 10.4. The lowest BCUT2D eigenvalue weighted by atomic mass is 10.1. The van der Waals surface area contributed by atoms with Crippen molar-refractivity contribution in [3.05, 3.63) is 16.4 Å². The van der Waals surface area contributed by atoms with Crippen molar-refractivity contribution in [3.8, 4) is 0 Å². The van der Waals surface area contributed by atoms with Gasteiger partial charge in [-0.3, -0.25) is 9.48 Å². The lowest BCUT2D eigenvalue weighted by molar-refractivity contribution is 0.111. The molecule has 0 spiro atoms. The van der Waals surface area contributed by atoms with Crippen molar-refractivity contribution in [3.63, 3.8) is 0 Å². The Morgan fingerprint density at radius 1 is 1.69 bits per heavy atom. The molecule has 0 bridgehead atoms. The first-order valence-electron chi connectivity index (χ1n) is 4.31. The van der Waals surface area contributed by atoms with Crippen molar-refractivity contribution < 1.29 is 4.79 Å². The summed E-state index contributed by atoms with van der Waals surface area (Å²) in [6.07, 6.45) is 3.68. The molecule has 0 unspecified atom stereocenters. The van der Waals surface area contributed by atoms with E-state index in [1.165, 1.54) is 0 Å². The Labute approximate surface area is 86.3 Å². The quantitative estimate of drug-likeness (QED) is 0.764. The van der Waals surface area contributed by atoms with Gasteiger partial charge >= 0.3 is 0 Å². The molecule has 1 heterocycles. The molecule has 0 aliphatic heterocycles. The molecule has 0 N–H and O–H groups in total. The Kier molecular flexibility index (Phi) is 3.66. The molecule has 13 heavy (non-hydrogen) atoms. The standard InChI is InChI=1S/C9H13BrN2O/c1-7(2)3-4-12-5-8(10)9(6-13)11-12/h5-7H,3-4H2,1-2H3. The SMILES string of the molecule is CC(C)CCn1cc(Br)c(C=O)n1. The summed E-state index contributed by atoms with van der Waals surface area (Å²) in [5, 5.41) is 4.10. The molecule has 0 atom stereocenters. The zero-order valence-corrected chi connectivity index (χ0v) is 9.41. The number of carbonyl (C=O) groups is 1. The molecule has 1 aromatic rings. The smallest absolute Gasteiger partial charge is 0.171 e. The van der Waals surface area contributed by atoms with Crippen LogP contribution in [-0.4, -0.2) is 16.1 Å². The van der Waals surface area contributed by atoms with Gasteiger partial charge in [0.1, 0.15) is 5.69 Å². The number of nitrogens with zero attached hydrogens (tertiary/aromatic N) is 2. The summed E-state index contributed by atoms with van der Waals surface area (Å²) in [7, 11) is 0. The molecular weight excluding hydrogens is 232 g/mol. The van der Waals surface area contributed by atoms with E-state index in [2.05, 4.69) is 34.9 Å². The first-order valence-corrected chi connectivity index (χ1v) is 5.11. The molecule has 0 saturated heterocycles.